The zero-order chi connectivity index (χ0) is 21.1. The lowest BCUT2D eigenvalue weighted by Gasteiger charge is -2.38. The Hall–Kier alpha value is -3.19. The van der Waals surface area contributed by atoms with Gasteiger partial charge in [-0.15, -0.1) is 0 Å². The second kappa shape index (κ2) is 8.45. The van der Waals surface area contributed by atoms with Gasteiger partial charge in [0.2, 0.25) is 5.91 Å². The Labute approximate surface area is 173 Å². The average molecular weight is 416 g/mol. The van der Waals surface area contributed by atoms with E-state index in [9.17, 15) is 14.7 Å². The Kier molecular flexibility index (Phi) is 5.98. The number of carbonyl (C=O) groups excluding carboxylic acids is 2. The van der Waals surface area contributed by atoms with Crippen LogP contribution in [-0.2, 0) is 11.3 Å². The van der Waals surface area contributed by atoms with Gasteiger partial charge in [-0.2, -0.15) is 0 Å². The summed E-state index contributed by atoms with van der Waals surface area (Å²) in [5, 5.41) is 16.4. The quantitative estimate of drug-likeness (QED) is 0.476. The van der Waals surface area contributed by atoms with Crippen LogP contribution < -0.4 is 10.6 Å². The van der Waals surface area contributed by atoms with Gasteiger partial charge in [-0.25, -0.2) is 0 Å². The predicted molar refractivity (Wildman–Crippen MR) is 112 cm³/mol. The summed E-state index contributed by atoms with van der Waals surface area (Å²) >= 11 is 6.11. The van der Waals surface area contributed by atoms with Gasteiger partial charge in [0.05, 0.1) is 23.3 Å². The Morgan fingerprint density at radius 3 is 2.76 bits per heavy atom. The van der Waals surface area contributed by atoms with Gasteiger partial charge in [0, 0.05) is 19.2 Å². The van der Waals surface area contributed by atoms with Crippen molar-refractivity contribution in [1.82, 2.24) is 10.2 Å². The Morgan fingerprint density at radius 2 is 2.10 bits per heavy atom. The monoisotopic (exact) mass is 415 g/mol. The van der Waals surface area contributed by atoms with Gasteiger partial charge in [0.25, 0.3) is 5.91 Å². The summed E-state index contributed by atoms with van der Waals surface area (Å²) in [6.07, 6.45) is 1.25. The first-order valence-corrected chi connectivity index (χ1v) is 9.39. The fourth-order valence-corrected chi connectivity index (χ4v) is 3.26. The van der Waals surface area contributed by atoms with E-state index in [0.717, 1.165) is 11.1 Å². The highest BCUT2D eigenvalue weighted by atomic mass is 35.5. The van der Waals surface area contributed by atoms with Crippen LogP contribution >= 0.6 is 11.6 Å². The number of amides is 2. The van der Waals surface area contributed by atoms with Gasteiger partial charge in [-0.05, 0) is 42.3 Å². The van der Waals surface area contributed by atoms with Crippen molar-refractivity contribution in [2.24, 2.45) is 0 Å². The third kappa shape index (κ3) is 4.63. The van der Waals surface area contributed by atoms with Crippen LogP contribution in [0.3, 0.4) is 0 Å². The van der Waals surface area contributed by atoms with Crippen molar-refractivity contribution in [3.8, 4) is 5.75 Å². The molecule has 8 heteroatoms. The van der Waals surface area contributed by atoms with Gasteiger partial charge in [-0.1, -0.05) is 24.8 Å². The van der Waals surface area contributed by atoms with E-state index in [0.29, 0.717) is 29.6 Å². The van der Waals surface area contributed by atoms with Gasteiger partial charge >= 0.3 is 0 Å². The van der Waals surface area contributed by atoms with E-state index in [1.165, 1.54) is 12.1 Å². The van der Waals surface area contributed by atoms with Crippen LogP contribution in [0, 0.1) is 0 Å². The zero-order valence-electron chi connectivity index (χ0n) is 16.0. The second-order valence-corrected chi connectivity index (χ2v) is 7.27. The number of benzene rings is 1. The molecule has 2 amide bonds. The number of carbonyl (C=O) groups is 2. The van der Waals surface area contributed by atoms with Gasteiger partial charge in [0.1, 0.15) is 11.5 Å². The number of likely N-dealkylation sites (tertiary alicyclic amines) is 1. The SMILES string of the molecule is C=CC(=O)N1CC(NC(=O)c2ccc(CNc3cc(C(=C)C)c(Cl)cc3O)o2)C1. The Morgan fingerprint density at radius 1 is 1.38 bits per heavy atom. The van der Waals surface area contributed by atoms with Crippen molar-refractivity contribution >= 4 is 34.7 Å². The molecule has 3 rings (SSSR count). The number of nitrogens with one attached hydrogen (secondary N) is 2. The Balaban J connectivity index is 1.56. The molecule has 0 spiro atoms. The van der Waals surface area contributed by atoms with Crippen LogP contribution in [0.5, 0.6) is 5.75 Å². The number of anilines is 1. The summed E-state index contributed by atoms with van der Waals surface area (Å²) < 4.78 is 5.58. The lowest BCUT2D eigenvalue weighted by Crippen LogP contribution is -2.60. The number of phenolic OH excluding ortho intramolecular Hbond substituents is 1. The molecular formula is C21H22ClN3O4. The molecule has 0 atom stereocenters. The standard InChI is InChI=1S/C21H22ClN3O4/c1-4-20(27)25-10-13(11-25)24-21(28)19-6-5-14(29-19)9-23-17-7-15(12(2)3)16(22)8-18(17)26/h4-8,13,23,26H,1-2,9-11H2,3H3,(H,24,28). The molecule has 0 unspecified atom stereocenters. The molecule has 1 saturated heterocycles. The first-order chi connectivity index (χ1) is 13.8. The van der Waals surface area contributed by atoms with Crippen molar-refractivity contribution < 1.29 is 19.1 Å². The van der Waals surface area contributed by atoms with E-state index in [2.05, 4.69) is 23.8 Å². The van der Waals surface area contributed by atoms with Gasteiger partial charge in [0.15, 0.2) is 5.76 Å². The molecule has 0 aliphatic carbocycles. The van der Waals surface area contributed by atoms with Crippen molar-refractivity contribution in [1.29, 1.82) is 0 Å². The van der Waals surface area contributed by atoms with E-state index in [4.69, 9.17) is 16.0 Å². The maximum atomic E-state index is 12.3. The molecule has 1 fully saturated rings. The molecule has 0 bridgehead atoms. The maximum absolute atomic E-state index is 12.3. The number of aromatic hydroxyl groups is 1. The summed E-state index contributed by atoms with van der Waals surface area (Å²) in [7, 11) is 0. The molecule has 1 aromatic carbocycles. The summed E-state index contributed by atoms with van der Waals surface area (Å²) in [5.41, 5.74) is 1.99. The summed E-state index contributed by atoms with van der Waals surface area (Å²) in [5.74, 6) is 0.220. The van der Waals surface area contributed by atoms with E-state index < -0.39 is 0 Å². The van der Waals surface area contributed by atoms with Crippen LogP contribution in [0.15, 0.2) is 47.9 Å². The van der Waals surface area contributed by atoms with E-state index in [1.807, 2.05) is 6.92 Å². The van der Waals surface area contributed by atoms with E-state index >= 15 is 0 Å². The third-order valence-electron chi connectivity index (χ3n) is 4.59. The minimum Gasteiger partial charge on any atom is -0.506 e. The van der Waals surface area contributed by atoms with Crippen LogP contribution in [-0.4, -0.2) is 41.0 Å². The van der Waals surface area contributed by atoms with Crippen molar-refractivity contribution in [3.05, 3.63) is 65.6 Å². The molecular weight excluding hydrogens is 394 g/mol. The average Bonchev–Trinajstić information content (AvgIpc) is 3.11. The third-order valence-corrected chi connectivity index (χ3v) is 4.90. The highest BCUT2D eigenvalue weighted by molar-refractivity contribution is 6.32. The molecule has 152 valence electrons. The molecule has 3 N–H and O–H groups in total. The highest BCUT2D eigenvalue weighted by Crippen LogP contribution is 2.33. The molecule has 2 heterocycles. The number of hydrogen-bond donors (Lipinski definition) is 3. The summed E-state index contributed by atoms with van der Waals surface area (Å²) in [6.45, 7) is 10.3. The minimum atomic E-state index is -0.342. The smallest absolute Gasteiger partial charge is 0.287 e. The van der Waals surface area contributed by atoms with Crippen LogP contribution in [0.4, 0.5) is 5.69 Å². The second-order valence-electron chi connectivity index (χ2n) is 6.87. The van der Waals surface area contributed by atoms with Crippen molar-refractivity contribution in [2.45, 2.75) is 19.5 Å². The predicted octanol–water partition coefficient (Wildman–Crippen LogP) is 3.41. The molecule has 29 heavy (non-hydrogen) atoms. The van der Waals surface area contributed by atoms with Crippen LogP contribution in [0.2, 0.25) is 5.02 Å². The van der Waals surface area contributed by atoms with Gasteiger partial charge < -0.3 is 25.1 Å². The molecule has 1 aromatic heterocycles. The fraction of sp³-hybridized carbons (Fsp3) is 0.238. The number of nitrogens with zero attached hydrogens (tertiary/aromatic N) is 1. The molecule has 1 aliphatic heterocycles. The largest absolute Gasteiger partial charge is 0.506 e. The molecule has 2 aromatic rings. The number of phenols is 1. The summed E-state index contributed by atoms with van der Waals surface area (Å²) in [4.78, 5) is 25.3. The summed E-state index contributed by atoms with van der Waals surface area (Å²) in [6, 6.07) is 6.32. The Bertz CT molecular complexity index is 976. The maximum Gasteiger partial charge on any atom is 0.287 e. The van der Waals surface area contributed by atoms with Crippen LogP contribution in [0.1, 0.15) is 28.8 Å². The number of hydrogen-bond acceptors (Lipinski definition) is 5. The van der Waals surface area contributed by atoms with Crippen LogP contribution in [0.25, 0.3) is 5.57 Å². The molecule has 1 aliphatic rings. The number of rotatable bonds is 7. The van der Waals surface area contributed by atoms with E-state index in [1.54, 1.807) is 23.1 Å². The lowest BCUT2D eigenvalue weighted by molar-refractivity contribution is -0.130. The topological polar surface area (TPSA) is 94.8 Å². The highest BCUT2D eigenvalue weighted by Gasteiger charge is 2.31. The molecule has 7 nitrogen and oxygen atoms in total. The first kappa shape index (κ1) is 20.5. The van der Waals surface area contributed by atoms with Gasteiger partial charge in [-0.3, -0.25) is 9.59 Å². The van der Waals surface area contributed by atoms with Crippen molar-refractivity contribution in [3.63, 3.8) is 0 Å². The normalized spacial score (nSPS) is 13.5. The number of halogens is 1. The fourth-order valence-electron chi connectivity index (χ4n) is 2.94. The number of allylic oxidation sites excluding steroid dienone is 1. The first-order valence-electron chi connectivity index (χ1n) is 9.01. The van der Waals surface area contributed by atoms with Crippen molar-refractivity contribution in [2.75, 3.05) is 18.4 Å². The zero-order valence-corrected chi connectivity index (χ0v) is 16.8. The number of furan rings is 1. The van der Waals surface area contributed by atoms with E-state index in [-0.39, 0.29) is 35.9 Å². The lowest BCUT2D eigenvalue weighted by atomic mass is 10.1. The minimum absolute atomic E-state index is 0.00753. The molecule has 0 saturated carbocycles. The molecule has 0 radical (unpaired) electrons.